The number of hydrogen-bond donors (Lipinski definition) is 1. The van der Waals surface area contributed by atoms with Crippen LogP contribution in [-0.4, -0.2) is 17.0 Å². The van der Waals surface area contributed by atoms with E-state index < -0.39 is 0 Å². The van der Waals surface area contributed by atoms with Crippen molar-refractivity contribution in [1.82, 2.24) is 9.97 Å². The van der Waals surface area contributed by atoms with Crippen LogP contribution >= 0.6 is 11.8 Å². The fourth-order valence-electron chi connectivity index (χ4n) is 1.74. The Morgan fingerprint density at radius 2 is 2.06 bits per heavy atom. The third-order valence-electron chi connectivity index (χ3n) is 2.54. The van der Waals surface area contributed by atoms with Gasteiger partial charge in [0.05, 0.1) is 5.03 Å². The van der Waals surface area contributed by atoms with Gasteiger partial charge in [-0.05, 0) is 49.2 Å². The summed E-state index contributed by atoms with van der Waals surface area (Å²) in [6.45, 7) is 4.13. The minimum absolute atomic E-state index is 0.904. The van der Waals surface area contributed by atoms with E-state index in [0.717, 1.165) is 22.3 Å². The van der Waals surface area contributed by atoms with Gasteiger partial charge < -0.3 is 5.32 Å². The number of thioether (sulfide) groups is 1. The molecule has 0 spiro atoms. The Balaban J connectivity index is 2.06. The maximum Gasteiger partial charge on any atom is 0.125 e. The van der Waals surface area contributed by atoms with Crippen LogP contribution in [0.5, 0.6) is 0 Å². The zero-order valence-corrected chi connectivity index (χ0v) is 11.7. The average Bonchev–Trinajstić information content (AvgIpc) is 2.35. The normalized spacial score (nSPS) is 10.4. The highest BCUT2D eigenvalue weighted by molar-refractivity contribution is 7.98. The van der Waals surface area contributed by atoms with Crippen molar-refractivity contribution >= 4 is 17.6 Å². The van der Waals surface area contributed by atoms with E-state index in [2.05, 4.69) is 40.4 Å². The van der Waals surface area contributed by atoms with Crippen LogP contribution in [0.4, 0.5) is 5.82 Å². The lowest BCUT2D eigenvalue weighted by molar-refractivity contribution is 1.05. The van der Waals surface area contributed by atoms with E-state index in [1.807, 2.05) is 26.2 Å². The molecule has 0 aliphatic rings. The van der Waals surface area contributed by atoms with Gasteiger partial charge in [0, 0.05) is 24.7 Å². The molecule has 4 heteroatoms. The second-order valence-electron chi connectivity index (χ2n) is 4.21. The molecule has 2 aromatic rings. The van der Waals surface area contributed by atoms with Crippen molar-refractivity contribution in [1.29, 1.82) is 0 Å². The van der Waals surface area contributed by atoms with Gasteiger partial charge in [-0.3, -0.25) is 0 Å². The first-order valence-electron chi connectivity index (χ1n) is 5.88. The van der Waals surface area contributed by atoms with Crippen LogP contribution in [0.25, 0.3) is 0 Å². The Kier molecular flexibility index (Phi) is 4.20. The molecule has 0 saturated carbocycles. The quantitative estimate of drug-likeness (QED) is 0.854. The van der Waals surface area contributed by atoms with Crippen LogP contribution in [0.2, 0.25) is 0 Å². The molecule has 0 aromatic carbocycles. The number of hydrogen-bond acceptors (Lipinski definition) is 4. The Morgan fingerprint density at radius 1 is 1.22 bits per heavy atom. The summed E-state index contributed by atoms with van der Waals surface area (Å²) in [6, 6.07) is 8.32. The molecule has 0 amide bonds. The molecule has 0 radical (unpaired) electrons. The van der Waals surface area contributed by atoms with Gasteiger partial charge in [-0.2, -0.15) is 0 Å². The van der Waals surface area contributed by atoms with E-state index >= 15 is 0 Å². The number of nitrogens with zero attached hydrogens (tertiary/aromatic N) is 2. The Labute approximate surface area is 112 Å². The molecular weight excluding hydrogens is 242 g/mol. The Bertz CT molecular complexity index is 520. The SMILES string of the molecule is CNc1cc(CSc2cc(C)cc(C)n2)ccn1. The predicted molar refractivity (Wildman–Crippen MR) is 77.1 cm³/mol. The maximum absolute atomic E-state index is 4.52. The van der Waals surface area contributed by atoms with Gasteiger partial charge in [-0.1, -0.05) is 0 Å². The van der Waals surface area contributed by atoms with Crippen molar-refractivity contribution < 1.29 is 0 Å². The molecule has 94 valence electrons. The van der Waals surface area contributed by atoms with E-state index in [9.17, 15) is 0 Å². The van der Waals surface area contributed by atoms with Crippen molar-refractivity contribution in [3.8, 4) is 0 Å². The van der Waals surface area contributed by atoms with Gasteiger partial charge in [0.15, 0.2) is 0 Å². The molecule has 2 aromatic heterocycles. The molecular formula is C14H17N3S. The molecule has 2 rings (SSSR count). The summed E-state index contributed by atoms with van der Waals surface area (Å²) in [5, 5.41) is 4.13. The van der Waals surface area contributed by atoms with Crippen LogP contribution in [-0.2, 0) is 5.75 Å². The molecule has 2 heterocycles. The number of pyridine rings is 2. The third-order valence-corrected chi connectivity index (χ3v) is 3.52. The highest BCUT2D eigenvalue weighted by atomic mass is 32.2. The lowest BCUT2D eigenvalue weighted by atomic mass is 10.3. The molecule has 0 aliphatic heterocycles. The molecule has 0 aliphatic carbocycles. The van der Waals surface area contributed by atoms with Crippen molar-refractivity contribution in [2.75, 3.05) is 12.4 Å². The summed E-state index contributed by atoms with van der Waals surface area (Å²) in [6.07, 6.45) is 1.83. The van der Waals surface area contributed by atoms with E-state index in [4.69, 9.17) is 0 Å². The summed E-state index contributed by atoms with van der Waals surface area (Å²) >= 11 is 1.75. The van der Waals surface area contributed by atoms with Crippen LogP contribution in [0, 0.1) is 13.8 Å². The minimum Gasteiger partial charge on any atom is -0.373 e. The summed E-state index contributed by atoms with van der Waals surface area (Å²) in [5.41, 5.74) is 3.58. The second kappa shape index (κ2) is 5.87. The van der Waals surface area contributed by atoms with E-state index in [-0.39, 0.29) is 0 Å². The molecule has 18 heavy (non-hydrogen) atoms. The predicted octanol–water partition coefficient (Wildman–Crippen LogP) is 3.43. The maximum atomic E-state index is 4.52. The zero-order chi connectivity index (χ0) is 13.0. The van der Waals surface area contributed by atoms with E-state index in [1.165, 1.54) is 11.1 Å². The van der Waals surface area contributed by atoms with Crippen LogP contribution < -0.4 is 5.32 Å². The topological polar surface area (TPSA) is 37.8 Å². The Morgan fingerprint density at radius 3 is 2.78 bits per heavy atom. The van der Waals surface area contributed by atoms with Gasteiger partial charge >= 0.3 is 0 Å². The summed E-state index contributed by atoms with van der Waals surface area (Å²) < 4.78 is 0. The summed E-state index contributed by atoms with van der Waals surface area (Å²) in [5.74, 6) is 1.81. The second-order valence-corrected chi connectivity index (χ2v) is 5.21. The number of aryl methyl sites for hydroxylation is 2. The van der Waals surface area contributed by atoms with Crippen LogP contribution in [0.1, 0.15) is 16.8 Å². The van der Waals surface area contributed by atoms with Crippen molar-refractivity contribution in [2.45, 2.75) is 24.6 Å². The number of rotatable bonds is 4. The number of aromatic nitrogens is 2. The van der Waals surface area contributed by atoms with Crippen molar-refractivity contribution in [2.24, 2.45) is 0 Å². The fourth-order valence-corrected chi connectivity index (χ4v) is 2.71. The largest absolute Gasteiger partial charge is 0.373 e. The van der Waals surface area contributed by atoms with Gasteiger partial charge in [0.2, 0.25) is 0 Å². The average molecular weight is 259 g/mol. The molecule has 0 fully saturated rings. The molecule has 0 unspecified atom stereocenters. The van der Waals surface area contributed by atoms with Crippen molar-refractivity contribution in [3.05, 3.63) is 47.3 Å². The smallest absolute Gasteiger partial charge is 0.125 e. The first-order chi connectivity index (χ1) is 8.67. The van der Waals surface area contributed by atoms with Gasteiger partial charge in [0.25, 0.3) is 0 Å². The highest BCUT2D eigenvalue weighted by Crippen LogP contribution is 2.22. The van der Waals surface area contributed by atoms with E-state index in [1.54, 1.807) is 11.8 Å². The van der Waals surface area contributed by atoms with Gasteiger partial charge in [-0.25, -0.2) is 9.97 Å². The lowest BCUT2D eigenvalue weighted by Crippen LogP contribution is -1.93. The Hall–Kier alpha value is -1.55. The standard InChI is InChI=1S/C14H17N3S/c1-10-6-11(2)17-14(7-10)18-9-12-4-5-16-13(8-12)15-3/h4-8H,9H2,1-3H3,(H,15,16). The van der Waals surface area contributed by atoms with Crippen molar-refractivity contribution in [3.63, 3.8) is 0 Å². The summed E-state index contributed by atoms with van der Waals surface area (Å²) in [4.78, 5) is 8.73. The fraction of sp³-hybridized carbons (Fsp3) is 0.286. The van der Waals surface area contributed by atoms with E-state index in [0.29, 0.717) is 0 Å². The minimum atomic E-state index is 0.904. The first kappa shape index (κ1) is 12.9. The highest BCUT2D eigenvalue weighted by Gasteiger charge is 2.01. The summed E-state index contributed by atoms with van der Waals surface area (Å²) in [7, 11) is 1.88. The zero-order valence-electron chi connectivity index (χ0n) is 10.9. The number of anilines is 1. The third kappa shape index (κ3) is 3.47. The van der Waals surface area contributed by atoms with Gasteiger partial charge in [0.1, 0.15) is 5.82 Å². The van der Waals surface area contributed by atoms with Gasteiger partial charge in [-0.15, -0.1) is 11.8 Å². The number of nitrogens with one attached hydrogen (secondary N) is 1. The molecule has 0 bridgehead atoms. The van der Waals surface area contributed by atoms with Crippen LogP contribution in [0.15, 0.2) is 35.5 Å². The molecule has 0 saturated heterocycles. The molecule has 0 atom stereocenters. The van der Waals surface area contributed by atoms with Crippen LogP contribution in [0.3, 0.4) is 0 Å². The molecule has 1 N–H and O–H groups in total. The first-order valence-corrected chi connectivity index (χ1v) is 6.87. The molecule has 3 nitrogen and oxygen atoms in total. The monoisotopic (exact) mass is 259 g/mol. The lowest BCUT2D eigenvalue weighted by Gasteiger charge is -2.05.